The standard InChI is InChI=1S/C13H18N4O3/c1-2-6-20-12-9(4-3-5-14-12)7-15-11(18)10-8-16-13(19)17-10/h3-5,10H,2,6-8H2,1H3,(H,15,18)(H2,16,17,19). The van der Waals surface area contributed by atoms with Gasteiger partial charge < -0.3 is 20.7 Å². The average Bonchev–Trinajstić information content (AvgIpc) is 2.90. The van der Waals surface area contributed by atoms with Crippen LogP contribution in [0.1, 0.15) is 18.9 Å². The highest BCUT2D eigenvalue weighted by molar-refractivity contribution is 5.90. The normalized spacial score (nSPS) is 17.2. The Morgan fingerprint density at radius 3 is 3.15 bits per heavy atom. The van der Waals surface area contributed by atoms with E-state index in [9.17, 15) is 9.59 Å². The number of carbonyl (C=O) groups is 2. The molecule has 1 aliphatic heterocycles. The Morgan fingerprint density at radius 1 is 1.60 bits per heavy atom. The predicted molar refractivity (Wildman–Crippen MR) is 72.2 cm³/mol. The van der Waals surface area contributed by atoms with Crippen LogP contribution in [0.5, 0.6) is 5.88 Å². The first kappa shape index (κ1) is 14.1. The van der Waals surface area contributed by atoms with Crippen molar-refractivity contribution in [3.63, 3.8) is 0 Å². The van der Waals surface area contributed by atoms with Crippen LogP contribution in [0.3, 0.4) is 0 Å². The van der Waals surface area contributed by atoms with Gasteiger partial charge in [-0.15, -0.1) is 0 Å². The largest absolute Gasteiger partial charge is 0.477 e. The van der Waals surface area contributed by atoms with Gasteiger partial charge >= 0.3 is 6.03 Å². The van der Waals surface area contributed by atoms with Crippen LogP contribution in [0.15, 0.2) is 18.3 Å². The number of carbonyl (C=O) groups excluding carboxylic acids is 2. The minimum atomic E-state index is -0.529. The number of amides is 3. The Hall–Kier alpha value is -2.31. The molecule has 3 N–H and O–H groups in total. The molecule has 0 saturated carbocycles. The third-order valence-electron chi connectivity index (χ3n) is 2.83. The van der Waals surface area contributed by atoms with Crippen LogP contribution in [0.4, 0.5) is 4.79 Å². The zero-order valence-electron chi connectivity index (χ0n) is 11.3. The van der Waals surface area contributed by atoms with Gasteiger partial charge in [0.2, 0.25) is 11.8 Å². The zero-order valence-corrected chi connectivity index (χ0v) is 11.3. The summed E-state index contributed by atoms with van der Waals surface area (Å²) < 4.78 is 5.52. The van der Waals surface area contributed by atoms with E-state index in [0.29, 0.717) is 25.6 Å². The van der Waals surface area contributed by atoms with Crippen LogP contribution in [0.2, 0.25) is 0 Å². The SMILES string of the molecule is CCCOc1ncccc1CNC(=O)C1CNC(=O)N1. The lowest BCUT2D eigenvalue weighted by Crippen LogP contribution is -2.42. The van der Waals surface area contributed by atoms with Crippen molar-refractivity contribution in [2.75, 3.05) is 13.2 Å². The molecule has 3 amide bonds. The zero-order chi connectivity index (χ0) is 14.4. The van der Waals surface area contributed by atoms with Crippen LogP contribution < -0.4 is 20.7 Å². The van der Waals surface area contributed by atoms with Crippen LogP contribution in [-0.2, 0) is 11.3 Å². The maximum Gasteiger partial charge on any atom is 0.315 e. The number of rotatable bonds is 6. The van der Waals surface area contributed by atoms with Gasteiger partial charge in [-0.1, -0.05) is 13.0 Å². The molecule has 2 heterocycles. The number of aromatic nitrogens is 1. The minimum absolute atomic E-state index is 0.228. The molecule has 20 heavy (non-hydrogen) atoms. The molecule has 0 aliphatic carbocycles. The molecule has 0 aromatic carbocycles. The first-order valence-corrected chi connectivity index (χ1v) is 6.59. The fourth-order valence-corrected chi connectivity index (χ4v) is 1.81. The van der Waals surface area contributed by atoms with Gasteiger partial charge in [0, 0.05) is 24.8 Å². The number of nitrogens with one attached hydrogen (secondary N) is 3. The van der Waals surface area contributed by atoms with E-state index in [0.717, 1.165) is 12.0 Å². The van der Waals surface area contributed by atoms with Crippen molar-refractivity contribution in [1.82, 2.24) is 20.9 Å². The second-order valence-electron chi connectivity index (χ2n) is 4.44. The molecule has 1 aromatic heterocycles. The van der Waals surface area contributed by atoms with Crippen molar-refractivity contribution in [2.24, 2.45) is 0 Å². The van der Waals surface area contributed by atoms with Gasteiger partial charge in [-0.25, -0.2) is 9.78 Å². The highest BCUT2D eigenvalue weighted by Gasteiger charge is 2.26. The average molecular weight is 278 g/mol. The minimum Gasteiger partial charge on any atom is -0.477 e. The van der Waals surface area contributed by atoms with Gasteiger partial charge in [0.15, 0.2) is 0 Å². The van der Waals surface area contributed by atoms with E-state index in [1.54, 1.807) is 12.3 Å². The molecule has 108 valence electrons. The second kappa shape index (κ2) is 6.74. The number of urea groups is 1. The number of hydrogen-bond acceptors (Lipinski definition) is 4. The van der Waals surface area contributed by atoms with E-state index < -0.39 is 6.04 Å². The van der Waals surface area contributed by atoms with E-state index in [-0.39, 0.29) is 11.9 Å². The number of hydrogen-bond donors (Lipinski definition) is 3. The highest BCUT2D eigenvalue weighted by Crippen LogP contribution is 2.14. The maximum absolute atomic E-state index is 11.9. The molecule has 7 nitrogen and oxygen atoms in total. The van der Waals surface area contributed by atoms with Crippen molar-refractivity contribution >= 4 is 11.9 Å². The van der Waals surface area contributed by atoms with E-state index in [4.69, 9.17) is 4.74 Å². The summed E-state index contributed by atoms with van der Waals surface area (Å²) in [6.45, 7) is 3.22. The molecule has 0 bridgehead atoms. The smallest absolute Gasteiger partial charge is 0.315 e. The van der Waals surface area contributed by atoms with Gasteiger partial charge in [0.25, 0.3) is 0 Å². The molecule has 0 spiro atoms. The number of ether oxygens (including phenoxy) is 1. The first-order chi connectivity index (χ1) is 9.70. The molecule has 0 radical (unpaired) electrons. The Morgan fingerprint density at radius 2 is 2.45 bits per heavy atom. The van der Waals surface area contributed by atoms with Gasteiger partial charge in [-0.05, 0) is 12.5 Å². The van der Waals surface area contributed by atoms with Crippen LogP contribution in [0, 0.1) is 0 Å². The Balaban J connectivity index is 1.90. The summed E-state index contributed by atoms with van der Waals surface area (Å²) in [7, 11) is 0. The van der Waals surface area contributed by atoms with Crippen LogP contribution in [0.25, 0.3) is 0 Å². The highest BCUT2D eigenvalue weighted by atomic mass is 16.5. The lowest BCUT2D eigenvalue weighted by Gasteiger charge is -2.12. The fraction of sp³-hybridized carbons (Fsp3) is 0.462. The third kappa shape index (κ3) is 3.59. The molecule has 1 atom stereocenters. The second-order valence-corrected chi connectivity index (χ2v) is 4.44. The lowest BCUT2D eigenvalue weighted by atomic mass is 10.2. The summed E-state index contributed by atoms with van der Waals surface area (Å²) >= 11 is 0. The Labute approximate surface area is 117 Å². The quantitative estimate of drug-likeness (QED) is 0.691. The third-order valence-corrected chi connectivity index (χ3v) is 2.83. The van der Waals surface area contributed by atoms with Gasteiger partial charge in [0.05, 0.1) is 6.61 Å². The molecule has 1 saturated heterocycles. The summed E-state index contributed by atoms with van der Waals surface area (Å²) in [5, 5.41) is 7.83. The fourth-order valence-electron chi connectivity index (χ4n) is 1.81. The lowest BCUT2D eigenvalue weighted by molar-refractivity contribution is -0.122. The van der Waals surface area contributed by atoms with Crippen molar-refractivity contribution in [3.05, 3.63) is 23.9 Å². The number of nitrogens with zero attached hydrogens (tertiary/aromatic N) is 1. The summed E-state index contributed by atoms with van der Waals surface area (Å²) in [4.78, 5) is 27.0. The van der Waals surface area contributed by atoms with E-state index in [1.807, 2.05) is 13.0 Å². The molecular formula is C13H18N4O3. The van der Waals surface area contributed by atoms with E-state index >= 15 is 0 Å². The molecule has 2 rings (SSSR count). The topological polar surface area (TPSA) is 92.3 Å². The predicted octanol–water partition coefficient (Wildman–Crippen LogP) is 0.168. The van der Waals surface area contributed by atoms with Crippen LogP contribution >= 0.6 is 0 Å². The molecular weight excluding hydrogens is 260 g/mol. The van der Waals surface area contributed by atoms with Crippen molar-refractivity contribution in [3.8, 4) is 5.88 Å². The summed E-state index contributed by atoms with van der Waals surface area (Å²) in [5.74, 6) is 0.303. The molecule has 1 aromatic rings. The number of pyridine rings is 1. The first-order valence-electron chi connectivity index (χ1n) is 6.59. The monoisotopic (exact) mass is 278 g/mol. The van der Waals surface area contributed by atoms with E-state index in [2.05, 4.69) is 20.9 Å². The summed E-state index contributed by atoms with van der Waals surface area (Å²) in [6, 6.07) is 2.79. The molecule has 1 unspecified atom stereocenters. The van der Waals surface area contributed by atoms with Gasteiger partial charge in [0.1, 0.15) is 6.04 Å². The maximum atomic E-state index is 11.9. The molecule has 1 fully saturated rings. The Kier molecular flexibility index (Phi) is 4.75. The summed E-state index contributed by atoms with van der Waals surface area (Å²) in [5.41, 5.74) is 0.812. The molecule has 1 aliphatic rings. The van der Waals surface area contributed by atoms with Crippen molar-refractivity contribution in [2.45, 2.75) is 25.9 Å². The summed E-state index contributed by atoms with van der Waals surface area (Å²) in [6.07, 6.45) is 2.54. The van der Waals surface area contributed by atoms with Gasteiger partial charge in [-0.3, -0.25) is 4.79 Å². The van der Waals surface area contributed by atoms with Crippen molar-refractivity contribution < 1.29 is 14.3 Å². The van der Waals surface area contributed by atoms with Gasteiger partial charge in [-0.2, -0.15) is 0 Å². The van der Waals surface area contributed by atoms with Crippen LogP contribution in [-0.4, -0.2) is 36.1 Å². The molecule has 7 heteroatoms. The Bertz CT molecular complexity index is 492. The van der Waals surface area contributed by atoms with E-state index in [1.165, 1.54) is 0 Å². The van der Waals surface area contributed by atoms with Crippen molar-refractivity contribution in [1.29, 1.82) is 0 Å².